The van der Waals surface area contributed by atoms with Crippen molar-refractivity contribution in [1.29, 1.82) is 0 Å². The Morgan fingerprint density at radius 3 is 2.83 bits per heavy atom. The highest BCUT2D eigenvalue weighted by atomic mass is 16.2. The normalized spacial score (nSPS) is 19.5. The number of aryl methyl sites for hydroxylation is 1. The summed E-state index contributed by atoms with van der Waals surface area (Å²) in [6.45, 7) is 3.11. The van der Waals surface area contributed by atoms with Gasteiger partial charge in [-0.15, -0.1) is 0 Å². The third kappa shape index (κ3) is 3.34. The van der Waals surface area contributed by atoms with Gasteiger partial charge < -0.3 is 9.80 Å². The van der Waals surface area contributed by atoms with Gasteiger partial charge >= 0.3 is 0 Å². The van der Waals surface area contributed by atoms with Crippen molar-refractivity contribution in [3.8, 4) is 11.1 Å². The molecule has 0 radical (unpaired) electrons. The summed E-state index contributed by atoms with van der Waals surface area (Å²) < 4.78 is 0. The molecule has 1 N–H and O–H groups in total. The van der Waals surface area contributed by atoms with Gasteiger partial charge in [-0.2, -0.15) is 5.10 Å². The minimum Gasteiger partial charge on any atom is -0.342 e. The minimum absolute atomic E-state index is 0.0581. The lowest BCUT2D eigenvalue weighted by molar-refractivity contribution is -0.139. The predicted molar refractivity (Wildman–Crippen MR) is 114 cm³/mol. The molecule has 3 heterocycles. The van der Waals surface area contributed by atoms with Gasteiger partial charge in [-0.05, 0) is 43.0 Å². The summed E-state index contributed by atoms with van der Waals surface area (Å²) in [5.74, 6) is 0.559. The van der Waals surface area contributed by atoms with E-state index < -0.39 is 0 Å². The average molecular weight is 403 g/mol. The van der Waals surface area contributed by atoms with Crippen LogP contribution in [-0.4, -0.2) is 63.0 Å². The smallest absolute Gasteiger partial charge is 0.254 e. The van der Waals surface area contributed by atoms with E-state index in [1.165, 1.54) is 0 Å². The number of pyridine rings is 1. The van der Waals surface area contributed by atoms with E-state index in [1.807, 2.05) is 44.3 Å². The van der Waals surface area contributed by atoms with Crippen molar-refractivity contribution in [1.82, 2.24) is 25.0 Å². The van der Waals surface area contributed by atoms with Gasteiger partial charge in [-0.3, -0.25) is 14.7 Å². The Kier molecular flexibility index (Phi) is 4.53. The molecule has 0 bridgehead atoms. The molecule has 1 aliphatic carbocycles. The number of hydrogen-bond acceptors (Lipinski definition) is 4. The van der Waals surface area contributed by atoms with Gasteiger partial charge in [-0.25, -0.2) is 4.98 Å². The van der Waals surface area contributed by atoms with E-state index >= 15 is 0 Å². The van der Waals surface area contributed by atoms with Gasteiger partial charge in [0.1, 0.15) is 6.04 Å². The summed E-state index contributed by atoms with van der Waals surface area (Å²) >= 11 is 0. The number of fused-ring (bicyclic) bond motifs is 1. The number of rotatable bonds is 4. The molecule has 1 unspecified atom stereocenters. The largest absolute Gasteiger partial charge is 0.342 e. The van der Waals surface area contributed by atoms with Crippen molar-refractivity contribution in [2.24, 2.45) is 5.92 Å². The van der Waals surface area contributed by atoms with E-state index in [4.69, 9.17) is 0 Å². The fraction of sp³-hybridized carbons (Fsp3) is 0.391. The molecule has 1 saturated carbocycles. The van der Waals surface area contributed by atoms with Crippen LogP contribution in [0, 0.1) is 12.8 Å². The summed E-state index contributed by atoms with van der Waals surface area (Å²) in [7, 11) is 1.83. The molecule has 2 fully saturated rings. The maximum atomic E-state index is 13.4. The molecule has 2 aromatic heterocycles. The number of amides is 2. The standard InChI is InChI=1S/C23H25N5O2/c1-14-19-12-18(13-24-21(19)26-25-14)16-4-3-5-17(11-16)22(29)28-9-8-27(2)23(30)20(28)10-15-6-7-15/h3-5,11-13,15,20H,6-10H2,1-2H3,(H,24,25,26). The summed E-state index contributed by atoms with van der Waals surface area (Å²) in [5.41, 5.74) is 4.11. The number of carbonyl (C=O) groups excluding carboxylic acids is 2. The Labute approximate surface area is 175 Å². The van der Waals surface area contributed by atoms with Crippen LogP contribution in [0.1, 0.15) is 35.3 Å². The highest BCUT2D eigenvalue weighted by molar-refractivity contribution is 5.99. The maximum absolute atomic E-state index is 13.4. The van der Waals surface area contributed by atoms with Gasteiger partial charge in [0.05, 0.1) is 0 Å². The molecule has 0 spiro atoms. The summed E-state index contributed by atoms with van der Waals surface area (Å²) in [6, 6.07) is 9.29. The first-order chi connectivity index (χ1) is 14.5. The van der Waals surface area contributed by atoms with E-state index in [0.29, 0.717) is 30.2 Å². The fourth-order valence-electron chi connectivity index (χ4n) is 4.23. The summed E-state index contributed by atoms with van der Waals surface area (Å²) in [4.78, 5) is 34.1. The van der Waals surface area contributed by atoms with Crippen LogP contribution < -0.4 is 0 Å². The van der Waals surface area contributed by atoms with Crippen molar-refractivity contribution in [2.45, 2.75) is 32.2 Å². The number of H-pyrrole nitrogens is 1. The fourth-order valence-corrected chi connectivity index (χ4v) is 4.23. The van der Waals surface area contributed by atoms with Gasteiger partial charge in [0.2, 0.25) is 5.91 Å². The second kappa shape index (κ2) is 7.23. The number of carbonyl (C=O) groups is 2. The number of nitrogens with zero attached hydrogens (tertiary/aromatic N) is 4. The van der Waals surface area contributed by atoms with Crippen molar-refractivity contribution in [2.75, 3.05) is 20.1 Å². The van der Waals surface area contributed by atoms with Crippen LogP contribution in [0.15, 0.2) is 36.5 Å². The number of hydrogen-bond donors (Lipinski definition) is 1. The van der Waals surface area contributed by atoms with E-state index in [9.17, 15) is 9.59 Å². The first-order valence-electron chi connectivity index (χ1n) is 10.5. The highest BCUT2D eigenvalue weighted by Crippen LogP contribution is 2.36. The maximum Gasteiger partial charge on any atom is 0.254 e. The van der Waals surface area contributed by atoms with Crippen molar-refractivity contribution >= 4 is 22.8 Å². The van der Waals surface area contributed by atoms with Crippen LogP contribution in [0.3, 0.4) is 0 Å². The van der Waals surface area contributed by atoms with Gasteiger partial charge in [-0.1, -0.05) is 25.0 Å². The number of likely N-dealkylation sites (N-methyl/N-ethyl adjacent to an activating group) is 1. The molecule has 1 aliphatic heterocycles. The topological polar surface area (TPSA) is 82.2 Å². The zero-order valence-corrected chi connectivity index (χ0v) is 17.3. The Balaban J connectivity index is 1.45. The van der Waals surface area contributed by atoms with Crippen LogP contribution in [0.2, 0.25) is 0 Å². The predicted octanol–water partition coefficient (Wildman–Crippen LogP) is 3.02. The van der Waals surface area contributed by atoms with Crippen molar-refractivity contribution < 1.29 is 9.59 Å². The average Bonchev–Trinajstić information content (AvgIpc) is 3.52. The van der Waals surface area contributed by atoms with Gasteiger partial charge in [0.15, 0.2) is 5.65 Å². The Bertz CT molecular complexity index is 1130. The molecule has 3 aromatic rings. The molecule has 1 atom stereocenters. The number of aromatic nitrogens is 3. The van der Waals surface area contributed by atoms with Crippen LogP contribution in [0.4, 0.5) is 0 Å². The quantitative estimate of drug-likeness (QED) is 0.726. The molecule has 7 heteroatoms. The SMILES string of the molecule is Cc1[nH]nc2ncc(-c3cccc(C(=O)N4CCN(C)C(=O)C4CC4CC4)c3)cc12. The van der Waals surface area contributed by atoms with Crippen LogP contribution in [-0.2, 0) is 4.79 Å². The van der Waals surface area contributed by atoms with Gasteiger partial charge in [0, 0.05) is 48.5 Å². The number of nitrogens with one attached hydrogen (secondary N) is 1. The lowest BCUT2D eigenvalue weighted by Gasteiger charge is -2.39. The Hall–Kier alpha value is -3.22. The van der Waals surface area contributed by atoms with Crippen molar-refractivity contribution in [3.05, 3.63) is 47.8 Å². The molecule has 7 nitrogen and oxygen atoms in total. The Morgan fingerprint density at radius 2 is 2.03 bits per heavy atom. The Morgan fingerprint density at radius 1 is 1.20 bits per heavy atom. The zero-order valence-electron chi connectivity index (χ0n) is 17.3. The summed E-state index contributed by atoms with van der Waals surface area (Å²) in [5, 5.41) is 8.10. The number of piperazine rings is 1. The third-order valence-electron chi connectivity index (χ3n) is 6.27. The molecule has 5 rings (SSSR count). The molecular weight excluding hydrogens is 378 g/mol. The van der Waals surface area contributed by atoms with E-state index in [2.05, 4.69) is 15.2 Å². The molecule has 30 heavy (non-hydrogen) atoms. The van der Waals surface area contributed by atoms with Crippen LogP contribution in [0.5, 0.6) is 0 Å². The summed E-state index contributed by atoms with van der Waals surface area (Å²) in [6.07, 6.45) is 4.87. The third-order valence-corrected chi connectivity index (χ3v) is 6.27. The first-order valence-corrected chi connectivity index (χ1v) is 10.5. The minimum atomic E-state index is -0.348. The zero-order chi connectivity index (χ0) is 20.8. The molecule has 1 aromatic carbocycles. The molecular formula is C23H25N5O2. The first kappa shape index (κ1) is 18.8. The molecule has 154 valence electrons. The van der Waals surface area contributed by atoms with Crippen LogP contribution >= 0.6 is 0 Å². The van der Waals surface area contributed by atoms with E-state index in [-0.39, 0.29) is 17.9 Å². The van der Waals surface area contributed by atoms with Crippen molar-refractivity contribution in [3.63, 3.8) is 0 Å². The second-order valence-electron chi connectivity index (χ2n) is 8.48. The molecule has 2 amide bonds. The van der Waals surface area contributed by atoms with E-state index in [0.717, 1.165) is 41.5 Å². The second-order valence-corrected chi connectivity index (χ2v) is 8.48. The highest BCUT2D eigenvalue weighted by Gasteiger charge is 2.39. The van der Waals surface area contributed by atoms with Gasteiger partial charge in [0.25, 0.3) is 5.91 Å². The monoisotopic (exact) mass is 403 g/mol. The lowest BCUT2D eigenvalue weighted by Crippen LogP contribution is -2.57. The molecule has 2 aliphatic rings. The molecule has 1 saturated heterocycles. The number of benzene rings is 1. The number of aromatic amines is 1. The lowest BCUT2D eigenvalue weighted by atomic mass is 10.0. The van der Waals surface area contributed by atoms with E-state index in [1.54, 1.807) is 16.0 Å². The van der Waals surface area contributed by atoms with Crippen LogP contribution in [0.25, 0.3) is 22.2 Å².